The van der Waals surface area contributed by atoms with Crippen molar-refractivity contribution in [3.05, 3.63) is 77.5 Å². The second kappa shape index (κ2) is 8.35. The molecule has 2 aromatic carbocycles. The number of rotatable bonds is 5. The molecule has 142 valence electrons. The number of benzene rings is 2. The lowest BCUT2D eigenvalue weighted by Gasteiger charge is -2.11. The Labute approximate surface area is 164 Å². The molecule has 28 heavy (non-hydrogen) atoms. The molecule has 0 bridgehead atoms. The van der Waals surface area contributed by atoms with Gasteiger partial charge in [-0.15, -0.1) is 0 Å². The highest BCUT2D eigenvalue weighted by Gasteiger charge is 2.10. The van der Waals surface area contributed by atoms with E-state index in [-0.39, 0.29) is 11.8 Å². The minimum Gasteiger partial charge on any atom is -0.340 e. The molecule has 0 aliphatic heterocycles. The predicted molar refractivity (Wildman–Crippen MR) is 112 cm³/mol. The standard InChI is InChI=1S/C22H22N4O2/c1-14-7-8-15(2)20(11-14)26-22(28)17-9-10-23-21(12-17)25-19-6-4-5-18(13-19)24-16(3)27/h4-13H,1-3H3,(H,23,25)(H,24,27)(H,26,28). The molecule has 0 radical (unpaired) electrons. The van der Waals surface area contributed by atoms with Crippen molar-refractivity contribution in [3.8, 4) is 0 Å². The van der Waals surface area contributed by atoms with Crippen LogP contribution < -0.4 is 16.0 Å². The van der Waals surface area contributed by atoms with Gasteiger partial charge in [-0.05, 0) is 61.4 Å². The van der Waals surface area contributed by atoms with Crippen molar-refractivity contribution in [1.82, 2.24) is 4.98 Å². The van der Waals surface area contributed by atoms with Crippen LogP contribution in [0, 0.1) is 13.8 Å². The number of aromatic nitrogens is 1. The summed E-state index contributed by atoms with van der Waals surface area (Å²) in [7, 11) is 0. The Morgan fingerprint density at radius 3 is 2.46 bits per heavy atom. The largest absolute Gasteiger partial charge is 0.340 e. The van der Waals surface area contributed by atoms with Crippen molar-refractivity contribution in [1.29, 1.82) is 0 Å². The highest BCUT2D eigenvalue weighted by molar-refractivity contribution is 6.05. The number of pyridine rings is 1. The second-order valence-electron chi connectivity index (χ2n) is 6.59. The molecule has 0 fully saturated rings. The number of nitrogens with zero attached hydrogens (tertiary/aromatic N) is 1. The molecule has 3 rings (SSSR count). The van der Waals surface area contributed by atoms with Crippen LogP contribution in [0.25, 0.3) is 0 Å². The molecule has 3 aromatic rings. The third-order valence-corrected chi connectivity index (χ3v) is 4.12. The van der Waals surface area contributed by atoms with E-state index in [1.165, 1.54) is 6.92 Å². The second-order valence-corrected chi connectivity index (χ2v) is 6.59. The third kappa shape index (κ3) is 4.94. The van der Waals surface area contributed by atoms with E-state index in [1.54, 1.807) is 30.5 Å². The van der Waals surface area contributed by atoms with Gasteiger partial charge in [0.2, 0.25) is 5.91 Å². The molecule has 2 amide bonds. The van der Waals surface area contributed by atoms with Gasteiger partial charge in [0.15, 0.2) is 0 Å². The Morgan fingerprint density at radius 1 is 0.893 bits per heavy atom. The number of anilines is 4. The lowest BCUT2D eigenvalue weighted by Crippen LogP contribution is -2.13. The topological polar surface area (TPSA) is 83.1 Å². The summed E-state index contributed by atoms with van der Waals surface area (Å²) in [6.45, 7) is 5.40. The van der Waals surface area contributed by atoms with E-state index in [0.717, 1.165) is 22.5 Å². The van der Waals surface area contributed by atoms with E-state index in [9.17, 15) is 9.59 Å². The van der Waals surface area contributed by atoms with Crippen molar-refractivity contribution in [2.75, 3.05) is 16.0 Å². The highest BCUT2D eigenvalue weighted by Crippen LogP contribution is 2.21. The molecule has 6 heteroatoms. The average Bonchev–Trinajstić information content (AvgIpc) is 2.64. The van der Waals surface area contributed by atoms with Crippen LogP contribution in [0.15, 0.2) is 60.8 Å². The Kier molecular flexibility index (Phi) is 5.69. The first kappa shape index (κ1) is 19.1. The number of carbonyl (C=O) groups excluding carboxylic acids is 2. The van der Waals surface area contributed by atoms with E-state index in [4.69, 9.17) is 0 Å². The molecule has 3 N–H and O–H groups in total. The summed E-state index contributed by atoms with van der Waals surface area (Å²) in [4.78, 5) is 28.1. The SMILES string of the molecule is CC(=O)Nc1cccc(Nc2cc(C(=O)Nc3cc(C)ccc3C)ccn2)c1. The fraction of sp³-hybridized carbons (Fsp3) is 0.136. The molecule has 0 aliphatic rings. The van der Waals surface area contributed by atoms with Crippen LogP contribution in [0.3, 0.4) is 0 Å². The Bertz CT molecular complexity index is 1030. The van der Waals surface area contributed by atoms with Crippen molar-refractivity contribution in [2.24, 2.45) is 0 Å². The third-order valence-electron chi connectivity index (χ3n) is 4.12. The van der Waals surface area contributed by atoms with Crippen LogP contribution in [0.5, 0.6) is 0 Å². The van der Waals surface area contributed by atoms with Crippen LogP contribution in [-0.4, -0.2) is 16.8 Å². The molecular formula is C22H22N4O2. The average molecular weight is 374 g/mol. The fourth-order valence-electron chi connectivity index (χ4n) is 2.73. The molecule has 0 aliphatic carbocycles. The van der Waals surface area contributed by atoms with E-state index in [1.807, 2.05) is 44.2 Å². The van der Waals surface area contributed by atoms with E-state index in [0.29, 0.717) is 17.1 Å². The number of carbonyl (C=O) groups is 2. The summed E-state index contributed by atoms with van der Waals surface area (Å²) in [5, 5.41) is 8.84. The van der Waals surface area contributed by atoms with Gasteiger partial charge in [-0.25, -0.2) is 4.98 Å². The minimum atomic E-state index is -0.203. The summed E-state index contributed by atoms with van der Waals surface area (Å²) in [6, 6.07) is 16.6. The van der Waals surface area contributed by atoms with Crippen LogP contribution in [0.1, 0.15) is 28.4 Å². The zero-order valence-corrected chi connectivity index (χ0v) is 16.0. The van der Waals surface area contributed by atoms with E-state index >= 15 is 0 Å². The van der Waals surface area contributed by atoms with Gasteiger partial charge >= 0.3 is 0 Å². The van der Waals surface area contributed by atoms with Gasteiger partial charge in [0.1, 0.15) is 5.82 Å². The number of hydrogen-bond acceptors (Lipinski definition) is 4. The van der Waals surface area contributed by atoms with Gasteiger partial charge < -0.3 is 16.0 Å². The van der Waals surface area contributed by atoms with Crippen molar-refractivity contribution in [2.45, 2.75) is 20.8 Å². The number of hydrogen-bond donors (Lipinski definition) is 3. The smallest absolute Gasteiger partial charge is 0.255 e. The van der Waals surface area contributed by atoms with Crippen LogP contribution >= 0.6 is 0 Å². The normalized spacial score (nSPS) is 10.2. The first-order valence-corrected chi connectivity index (χ1v) is 8.90. The summed E-state index contributed by atoms with van der Waals surface area (Å²) < 4.78 is 0. The fourth-order valence-corrected chi connectivity index (χ4v) is 2.73. The van der Waals surface area contributed by atoms with E-state index < -0.39 is 0 Å². The van der Waals surface area contributed by atoms with E-state index in [2.05, 4.69) is 20.9 Å². The molecule has 0 unspecified atom stereocenters. The van der Waals surface area contributed by atoms with Gasteiger partial charge in [0, 0.05) is 35.7 Å². The lowest BCUT2D eigenvalue weighted by molar-refractivity contribution is -0.114. The quantitative estimate of drug-likeness (QED) is 0.607. The van der Waals surface area contributed by atoms with Crippen molar-refractivity contribution >= 4 is 34.7 Å². The van der Waals surface area contributed by atoms with Crippen LogP contribution in [0.2, 0.25) is 0 Å². The molecule has 1 aromatic heterocycles. The zero-order chi connectivity index (χ0) is 20.1. The molecule has 6 nitrogen and oxygen atoms in total. The maximum atomic E-state index is 12.6. The van der Waals surface area contributed by atoms with Gasteiger partial charge in [0.25, 0.3) is 5.91 Å². The zero-order valence-electron chi connectivity index (χ0n) is 16.0. The van der Waals surface area contributed by atoms with Crippen molar-refractivity contribution < 1.29 is 9.59 Å². The molecule has 1 heterocycles. The summed E-state index contributed by atoms with van der Waals surface area (Å²) in [6.07, 6.45) is 1.58. The maximum absolute atomic E-state index is 12.6. The lowest BCUT2D eigenvalue weighted by atomic mass is 10.1. The van der Waals surface area contributed by atoms with Crippen LogP contribution in [0.4, 0.5) is 22.9 Å². The first-order valence-electron chi connectivity index (χ1n) is 8.90. The molecule has 0 spiro atoms. The van der Waals surface area contributed by atoms with Gasteiger partial charge in [-0.3, -0.25) is 9.59 Å². The molecular weight excluding hydrogens is 352 g/mol. The maximum Gasteiger partial charge on any atom is 0.255 e. The predicted octanol–water partition coefficient (Wildman–Crippen LogP) is 4.65. The molecule has 0 saturated heterocycles. The highest BCUT2D eigenvalue weighted by atomic mass is 16.2. The number of nitrogens with one attached hydrogen (secondary N) is 3. The van der Waals surface area contributed by atoms with Gasteiger partial charge in [-0.1, -0.05) is 18.2 Å². The Hall–Kier alpha value is -3.67. The number of aryl methyl sites for hydroxylation is 2. The molecule has 0 saturated carbocycles. The molecule has 0 atom stereocenters. The summed E-state index contributed by atoms with van der Waals surface area (Å²) in [5.74, 6) is 0.195. The Balaban J connectivity index is 1.76. The number of amides is 2. The monoisotopic (exact) mass is 374 g/mol. The minimum absolute atomic E-state index is 0.139. The van der Waals surface area contributed by atoms with Gasteiger partial charge in [0.05, 0.1) is 0 Å². The first-order chi connectivity index (χ1) is 13.4. The van der Waals surface area contributed by atoms with Crippen molar-refractivity contribution in [3.63, 3.8) is 0 Å². The van der Waals surface area contributed by atoms with Crippen LogP contribution in [-0.2, 0) is 4.79 Å². The summed E-state index contributed by atoms with van der Waals surface area (Å²) in [5.41, 5.74) is 4.81. The Morgan fingerprint density at radius 2 is 1.68 bits per heavy atom. The summed E-state index contributed by atoms with van der Waals surface area (Å²) >= 11 is 0. The van der Waals surface area contributed by atoms with Gasteiger partial charge in [-0.2, -0.15) is 0 Å².